The zero-order valence-electron chi connectivity index (χ0n) is 5.40. The molecule has 0 aliphatic heterocycles. The van der Waals surface area contributed by atoms with Crippen LogP contribution in [-0.4, -0.2) is 16.8 Å². The van der Waals surface area contributed by atoms with E-state index < -0.39 is 0 Å². The Hall–Kier alpha value is -0.810. The molecule has 0 saturated carbocycles. The Morgan fingerprint density at radius 3 is 3.00 bits per heavy atom. The summed E-state index contributed by atoms with van der Waals surface area (Å²) in [6.07, 6.45) is 0. The minimum atomic E-state index is -0.209. The molecule has 1 rings (SSSR count). The van der Waals surface area contributed by atoms with Crippen molar-refractivity contribution in [1.29, 1.82) is 0 Å². The van der Waals surface area contributed by atoms with Crippen LogP contribution >= 0.6 is 11.3 Å². The van der Waals surface area contributed by atoms with Crippen LogP contribution in [0.5, 0.6) is 5.88 Å². The van der Waals surface area contributed by atoms with Crippen molar-refractivity contribution >= 4 is 11.3 Å². The normalized spacial score (nSPS) is 10.1. The number of nitrogens with zero attached hydrogens (tertiary/aromatic N) is 1. The number of thiazole rings is 1. The van der Waals surface area contributed by atoms with Crippen molar-refractivity contribution in [2.45, 2.75) is 6.73 Å². The highest BCUT2D eigenvalue weighted by Crippen LogP contribution is 2.07. The Labute approximate surface area is 61.3 Å². The second-order valence-corrected chi connectivity index (χ2v) is 2.53. The van der Waals surface area contributed by atoms with Gasteiger partial charge in [-0.25, -0.2) is 4.57 Å². The van der Waals surface area contributed by atoms with E-state index in [1.807, 2.05) is 0 Å². The van der Waals surface area contributed by atoms with Crippen LogP contribution in [0.2, 0.25) is 0 Å². The number of hydrogen-bond donors (Lipinski definition) is 1. The second-order valence-electron chi connectivity index (χ2n) is 1.71. The van der Waals surface area contributed by atoms with E-state index in [0.29, 0.717) is 0 Å². The minimum absolute atomic E-state index is 0.0446. The van der Waals surface area contributed by atoms with Gasteiger partial charge in [-0.05, 0) is 0 Å². The van der Waals surface area contributed by atoms with Crippen LogP contribution in [0.3, 0.4) is 0 Å². The fourth-order valence-corrected chi connectivity index (χ4v) is 1.18. The van der Waals surface area contributed by atoms with Crippen LogP contribution in [0.4, 0.5) is 0 Å². The van der Waals surface area contributed by atoms with Crippen LogP contribution in [0.25, 0.3) is 0 Å². The maximum atomic E-state index is 10.8. The molecule has 0 aliphatic rings. The first-order valence-corrected chi connectivity index (χ1v) is 3.50. The number of ether oxygens (including phenoxy) is 1. The molecule has 0 aliphatic carbocycles. The summed E-state index contributed by atoms with van der Waals surface area (Å²) < 4.78 is 5.80. The van der Waals surface area contributed by atoms with Crippen molar-refractivity contribution in [2.24, 2.45) is 0 Å². The minimum Gasteiger partial charge on any atom is -0.494 e. The molecular weight excluding hydrogens is 154 g/mol. The molecule has 4 nitrogen and oxygen atoms in total. The summed E-state index contributed by atoms with van der Waals surface area (Å²) in [5.41, 5.74) is 0. The van der Waals surface area contributed by atoms with Gasteiger partial charge in [0.25, 0.3) is 0 Å². The number of aromatic hydroxyl groups is 1. The fraction of sp³-hybridized carbons (Fsp3) is 0.400. The van der Waals surface area contributed by atoms with E-state index in [9.17, 15) is 4.79 Å². The van der Waals surface area contributed by atoms with Gasteiger partial charge in [-0.2, -0.15) is 0 Å². The highest BCUT2D eigenvalue weighted by atomic mass is 32.1. The summed E-state index contributed by atoms with van der Waals surface area (Å²) in [5, 5.41) is 10.3. The van der Waals surface area contributed by atoms with Gasteiger partial charge in [-0.3, -0.25) is 4.79 Å². The molecule has 0 unspecified atom stereocenters. The molecule has 0 spiro atoms. The van der Waals surface area contributed by atoms with Crippen molar-refractivity contribution in [3.05, 3.63) is 15.0 Å². The van der Waals surface area contributed by atoms with Crippen LogP contribution < -0.4 is 4.87 Å². The van der Waals surface area contributed by atoms with Crippen LogP contribution in [0.15, 0.2) is 10.2 Å². The molecule has 10 heavy (non-hydrogen) atoms. The molecule has 0 amide bonds. The van der Waals surface area contributed by atoms with Crippen molar-refractivity contribution < 1.29 is 9.84 Å². The molecule has 0 saturated heterocycles. The van der Waals surface area contributed by atoms with Crippen molar-refractivity contribution in [3.63, 3.8) is 0 Å². The highest BCUT2D eigenvalue weighted by Gasteiger charge is 2.01. The first kappa shape index (κ1) is 7.30. The zero-order valence-corrected chi connectivity index (χ0v) is 6.22. The molecule has 1 N–H and O–H groups in total. The van der Waals surface area contributed by atoms with Crippen LogP contribution in [0.1, 0.15) is 0 Å². The lowest BCUT2D eigenvalue weighted by molar-refractivity contribution is 0.122. The SMILES string of the molecule is COCn1c(O)csc1=O. The van der Waals surface area contributed by atoms with Crippen molar-refractivity contribution in [3.8, 4) is 5.88 Å². The topological polar surface area (TPSA) is 51.5 Å². The Kier molecular flexibility index (Phi) is 2.08. The molecule has 1 aromatic heterocycles. The van der Waals surface area contributed by atoms with Crippen molar-refractivity contribution in [1.82, 2.24) is 4.57 Å². The molecule has 1 heterocycles. The fourth-order valence-electron chi connectivity index (χ4n) is 0.572. The van der Waals surface area contributed by atoms with E-state index in [2.05, 4.69) is 4.74 Å². The lowest BCUT2D eigenvalue weighted by Gasteiger charge is -1.98. The lowest BCUT2D eigenvalue weighted by Crippen LogP contribution is -2.13. The van der Waals surface area contributed by atoms with Gasteiger partial charge in [0.05, 0.1) is 5.38 Å². The predicted octanol–water partition coefficient (Wildman–Crippen LogP) is 0.219. The summed E-state index contributed by atoms with van der Waals surface area (Å²) in [6, 6.07) is 0. The number of methoxy groups -OCH3 is 1. The third-order valence-electron chi connectivity index (χ3n) is 1.02. The summed E-state index contributed by atoms with van der Waals surface area (Å²) >= 11 is 0.948. The Morgan fingerprint density at radius 1 is 1.90 bits per heavy atom. The molecule has 0 aromatic carbocycles. The standard InChI is InChI=1S/C5H7NO3S/c1-9-3-6-4(7)2-10-5(6)8/h2,7H,3H2,1H3. The van der Waals surface area contributed by atoms with E-state index in [1.54, 1.807) is 0 Å². The Balaban J connectivity index is 2.99. The third-order valence-corrected chi connectivity index (χ3v) is 1.77. The Bertz CT molecular complexity index is 264. The summed E-state index contributed by atoms with van der Waals surface area (Å²) in [4.78, 5) is 10.6. The van der Waals surface area contributed by atoms with Crippen molar-refractivity contribution in [2.75, 3.05) is 7.11 Å². The van der Waals surface area contributed by atoms with Gasteiger partial charge in [0.1, 0.15) is 6.73 Å². The largest absolute Gasteiger partial charge is 0.494 e. The molecule has 0 atom stereocenters. The number of hydrogen-bond acceptors (Lipinski definition) is 4. The van der Waals surface area contributed by atoms with Crippen LogP contribution in [-0.2, 0) is 11.5 Å². The van der Waals surface area contributed by atoms with Gasteiger partial charge in [0, 0.05) is 7.11 Å². The van der Waals surface area contributed by atoms with Gasteiger partial charge < -0.3 is 9.84 Å². The van der Waals surface area contributed by atoms with Crippen LogP contribution in [0, 0.1) is 0 Å². The first-order valence-electron chi connectivity index (χ1n) is 2.62. The quantitative estimate of drug-likeness (QED) is 0.675. The van der Waals surface area contributed by atoms with Gasteiger partial charge in [0.15, 0.2) is 0 Å². The summed E-state index contributed by atoms with van der Waals surface area (Å²) in [6.45, 7) is 0.105. The third kappa shape index (κ3) is 1.19. The molecule has 0 fully saturated rings. The second kappa shape index (κ2) is 2.85. The number of aromatic nitrogens is 1. The van der Waals surface area contributed by atoms with E-state index in [4.69, 9.17) is 5.11 Å². The van der Waals surface area contributed by atoms with Gasteiger partial charge in [-0.1, -0.05) is 11.3 Å². The molecule has 1 aromatic rings. The summed E-state index contributed by atoms with van der Waals surface area (Å²) in [5.74, 6) is -0.0446. The smallest absolute Gasteiger partial charge is 0.311 e. The Morgan fingerprint density at radius 2 is 2.60 bits per heavy atom. The first-order chi connectivity index (χ1) is 4.75. The maximum Gasteiger partial charge on any atom is 0.311 e. The molecule has 56 valence electrons. The predicted molar refractivity (Wildman–Crippen MR) is 37.3 cm³/mol. The molecule has 0 bridgehead atoms. The zero-order chi connectivity index (χ0) is 7.56. The van der Waals surface area contributed by atoms with E-state index >= 15 is 0 Å². The monoisotopic (exact) mass is 161 g/mol. The molecule has 5 heteroatoms. The maximum absolute atomic E-state index is 10.8. The summed E-state index contributed by atoms with van der Waals surface area (Å²) in [7, 11) is 1.46. The van der Waals surface area contributed by atoms with E-state index in [0.717, 1.165) is 15.9 Å². The van der Waals surface area contributed by atoms with E-state index in [1.165, 1.54) is 12.5 Å². The molecular formula is C5H7NO3S. The van der Waals surface area contributed by atoms with Gasteiger partial charge in [0.2, 0.25) is 5.88 Å². The lowest BCUT2D eigenvalue weighted by atomic mass is 10.8. The highest BCUT2D eigenvalue weighted by molar-refractivity contribution is 7.07. The number of rotatable bonds is 2. The van der Waals surface area contributed by atoms with Gasteiger partial charge in [-0.15, -0.1) is 0 Å². The average molecular weight is 161 g/mol. The van der Waals surface area contributed by atoms with Gasteiger partial charge >= 0.3 is 4.87 Å². The van der Waals surface area contributed by atoms with E-state index in [-0.39, 0.29) is 17.5 Å². The average Bonchev–Trinajstić information content (AvgIpc) is 2.20. The molecule has 0 radical (unpaired) electrons.